The van der Waals surface area contributed by atoms with E-state index in [1.54, 1.807) is 6.92 Å². The van der Waals surface area contributed by atoms with Crippen molar-refractivity contribution in [2.24, 2.45) is 0 Å². The molecule has 10 nitrogen and oxygen atoms in total. The van der Waals surface area contributed by atoms with Crippen LogP contribution in [0.25, 0.3) is 10.9 Å². The molecule has 0 bridgehead atoms. The zero-order valence-corrected chi connectivity index (χ0v) is 20.0. The van der Waals surface area contributed by atoms with Crippen LogP contribution in [0.1, 0.15) is 56.1 Å². The molecule has 1 aliphatic heterocycles. The molecule has 2 aromatic heterocycles. The zero-order valence-electron chi connectivity index (χ0n) is 20.0. The van der Waals surface area contributed by atoms with Gasteiger partial charge in [-0.1, -0.05) is 18.6 Å². The molecule has 34 heavy (non-hydrogen) atoms. The molecule has 0 spiro atoms. The lowest BCUT2D eigenvalue weighted by atomic mass is 10.1. The van der Waals surface area contributed by atoms with Crippen molar-refractivity contribution in [2.45, 2.75) is 65.3 Å². The number of hydrogen-bond acceptors (Lipinski definition) is 8. The van der Waals surface area contributed by atoms with Crippen LogP contribution in [0, 0.1) is 6.92 Å². The maximum absolute atomic E-state index is 13.0. The van der Waals surface area contributed by atoms with Crippen LogP contribution in [-0.4, -0.2) is 61.9 Å². The van der Waals surface area contributed by atoms with Gasteiger partial charge in [0.25, 0.3) is 5.56 Å². The van der Waals surface area contributed by atoms with Crippen LogP contribution in [0.3, 0.4) is 0 Å². The van der Waals surface area contributed by atoms with Crippen LogP contribution in [0.4, 0.5) is 0 Å². The van der Waals surface area contributed by atoms with Gasteiger partial charge < -0.3 is 14.5 Å². The van der Waals surface area contributed by atoms with Crippen molar-refractivity contribution < 1.29 is 14.3 Å². The summed E-state index contributed by atoms with van der Waals surface area (Å²) in [6.07, 6.45) is 2.76. The van der Waals surface area contributed by atoms with Crippen molar-refractivity contribution in [3.8, 4) is 0 Å². The van der Waals surface area contributed by atoms with E-state index < -0.39 is 5.97 Å². The van der Waals surface area contributed by atoms with Gasteiger partial charge in [0, 0.05) is 30.8 Å². The predicted molar refractivity (Wildman–Crippen MR) is 126 cm³/mol. The van der Waals surface area contributed by atoms with E-state index in [9.17, 15) is 9.59 Å². The number of carbonyl (C=O) groups excluding carboxylic acids is 1. The number of esters is 1. The molecule has 1 fully saturated rings. The van der Waals surface area contributed by atoms with Gasteiger partial charge >= 0.3 is 5.97 Å². The lowest BCUT2D eigenvalue weighted by Gasteiger charge is -2.32. The average molecular weight is 469 g/mol. The number of aromatic amines is 1. The highest BCUT2D eigenvalue weighted by molar-refractivity contribution is 5.79. The second-order valence-electron chi connectivity index (χ2n) is 8.70. The summed E-state index contributed by atoms with van der Waals surface area (Å²) < 4.78 is 12.5. The quantitative estimate of drug-likeness (QED) is 0.451. The van der Waals surface area contributed by atoms with E-state index in [2.05, 4.69) is 31.5 Å². The van der Waals surface area contributed by atoms with Gasteiger partial charge in [-0.15, -0.1) is 5.10 Å². The number of carbonyl (C=O) groups is 1. The van der Waals surface area contributed by atoms with Gasteiger partial charge in [-0.05, 0) is 67.1 Å². The Bertz CT molecular complexity index is 1180. The zero-order chi connectivity index (χ0) is 24.1. The lowest BCUT2D eigenvalue weighted by molar-refractivity contribution is -0.144. The Kier molecular flexibility index (Phi) is 7.69. The molecule has 0 amide bonds. The third-order valence-corrected chi connectivity index (χ3v) is 6.18. The van der Waals surface area contributed by atoms with E-state index in [0.717, 1.165) is 35.9 Å². The molecular formula is C24H32N6O4. The first-order chi connectivity index (χ1) is 16.5. The molecule has 0 saturated carbocycles. The minimum Gasteiger partial charge on any atom is -0.465 e. The van der Waals surface area contributed by atoms with Crippen LogP contribution in [0.15, 0.2) is 29.1 Å². The van der Waals surface area contributed by atoms with E-state index in [-0.39, 0.29) is 24.2 Å². The maximum atomic E-state index is 13.0. The summed E-state index contributed by atoms with van der Waals surface area (Å²) in [6, 6.07) is 7.73. The summed E-state index contributed by atoms with van der Waals surface area (Å²) in [7, 11) is 0. The Morgan fingerprint density at radius 2 is 2.21 bits per heavy atom. The molecule has 1 N–H and O–H groups in total. The van der Waals surface area contributed by atoms with Crippen molar-refractivity contribution in [2.75, 3.05) is 19.8 Å². The summed E-state index contributed by atoms with van der Waals surface area (Å²) in [5.41, 5.74) is 2.50. The summed E-state index contributed by atoms with van der Waals surface area (Å²) in [6.45, 7) is 7.86. The number of pyridine rings is 1. The molecule has 1 aliphatic rings. The van der Waals surface area contributed by atoms with Gasteiger partial charge in [0.1, 0.15) is 6.54 Å². The maximum Gasteiger partial charge on any atom is 0.327 e. The van der Waals surface area contributed by atoms with E-state index in [1.165, 1.54) is 4.68 Å². The number of benzene rings is 1. The molecule has 0 radical (unpaired) electrons. The summed E-state index contributed by atoms with van der Waals surface area (Å²) in [5, 5.41) is 13.1. The van der Waals surface area contributed by atoms with Gasteiger partial charge in [0.05, 0.1) is 18.8 Å². The monoisotopic (exact) mass is 468 g/mol. The molecule has 0 aliphatic carbocycles. The molecular weight excluding hydrogens is 436 g/mol. The lowest BCUT2D eigenvalue weighted by Crippen LogP contribution is -2.38. The number of tetrazole rings is 1. The fourth-order valence-electron chi connectivity index (χ4n) is 4.56. The van der Waals surface area contributed by atoms with Crippen molar-refractivity contribution >= 4 is 16.9 Å². The molecule has 10 heteroatoms. The number of rotatable bonds is 10. The van der Waals surface area contributed by atoms with Gasteiger partial charge in [0.2, 0.25) is 0 Å². The highest BCUT2D eigenvalue weighted by Crippen LogP contribution is 2.27. The SMILES string of the molecule is CCOC(=O)Cn1nnnc1[C@H](CC)N(Cc1cc2cc(C)ccc2[nH]c1=O)C[C@@H]1CCCO1. The Morgan fingerprint density at radius 3 is 2.94 bits per heavy atom. The number of nitrogens with zero attached hydrogens (tertiary/aromatic N) is 5. The molecule has 1 aromatic carbocycles. The first kappa shape index (κ1) is 24.0. The standard InChI is InChI=1S/C24H32N6O4/c1-4-21(23-26-27-28-30(23)15-22(31)33-5-2)29(14-19-7-6-10-34-19)13-18-12-17-11-16(3)8-9-20(17)25-24(18)32/h8-9,11-12,19,21H,4-7,10,13-15H2,1-3H3,(H,25,32)/t19-,21-/m0/s1. The van der Waals surface area contributed by atoms with Crippen LogP contribution in [0.2, 0.25) is 0 Å². The number of H-pyrrole nitrogens is 1. The minimum absolute atomic E-state index is 0.0592. The largest absolute Gasteiger partial charge is 0.465 e. The smallest absolute Gasteiger partial charge is 0.327 e. The number of nitrogens with one attached hydrogen (secondary N) is 1. The predicted octanol–water partition coefficient (Wildman–Crippen LogP) is 2.52. The number of aromatic nitrogens is 5. The second kappa shape index (κ2) is 10.9. The Morgan fingerprint density at radius 1 is 1.35 bits per heavy atom. The minimum atomic E-state index is -0.391. The molecule has 0 unspecified atom stereocenters. The van der Waals surface area contributed by atoms with Crippen LogP contribution < -0.4 is 5.56 Å². The fourth-order valence-corrected chi connectivity index (χ4v) is 4.56. The topological polar surface area (TPSA) is 115 Å². The van der Waals surface area contributed by atoms with Gasteiger partial charge in [-0.3, -0.25) is 14.5 Å². The second-order valence-corrected chi connectivity index (χ2v) is 8.70. The Balaban J connectivity index is 1.66. The van der Waals surface area contributed by atoms with Gasteiger partial charge in [-0.2, -0.15) is 0 Å². The molecule has 3 heterocycles. The number of aryl methyl sites for hydroxylation is 1. The van der Waals surface area contributed by atoms with Gasteiger partial charge in [-0.25, -0.2) is 4.68 Å². The Labute approximate surface area is 198 Å². The fraction of sp³-hybridized carbons (Fsp3) is 0.542. The molecule has 4 rings (SSSR count). The van der Waals surface area contributed by atoms with Crippen molar-refractivity contribution in [3.05, 3.63) is 51.6 Å². The third kappa shape index (κ3) is 5.51. The number of ether oxygens (including phenoxy) is 2. The van der Waals surface area contributed by atoms with E-state index >= 15 is 0 Å². The van der Waals surface area contributed by atoms with E-state index in [4.69, 9.17) is 9.47 Å². The molecule has 2 atom stereocenters. The van der Waals surface area contributed by atoms with Gasteiger partial charge in [0.15, 0.2) is 5.82 Å². The highest BCUT2D eigenvalue weighted by Gasteiger charge is 2.30. The normalized spacial score (nSPS) is 16.9. The molecule has 182 valence electrons. The first-order valence-electron chi connectivity index (χ1n) is 11.9. The average Bonchev–Trinajstić information content (AvgIpc) is 3.48. The van der Waals surface area contributed by atoms with Crippen molar-refractivity contribution in [1.29, 1.82) is 0 Å². The van der Waals surface area contributed by atoms with Crippen LogP contribution in [-0.2, 0) is 27.4 Å². The summed E-state index contributed by atoms with van der Waals surface area (Å²) in [5.74, 6) is 0.180. The van der Waals surface area contributed by atoms with E-state index in [1.807, 2.05) is 32.0 Å². The number of fused-ring (bicyclic) bond motifs is 1. The highest BCUT2D eigenvalue weighted by atomic mass is 16.5. The molecule has 1 saturated heterocycles. The van der Waals surface area contributed by atoms with Crippen molar-refractivity contribution in [1.82, 2.24) is 30.1 Å². The summed E-state index contributed by atoms with van der Waals surface area (Å²) in [4.78, 5) is 30.2. The van der Waals surface area contributed by atoms with Crippen LogP contribution in [0.5, 0.6) is 0 Å². The Hall–Kier alpha value is -3.11. The van der Waals surface area contributed by atoms with Crippen LogP contribution >= 0.6 is 0 Å². The number of hydrogen-bond donors (Lipinski definition) is 1. The van der Waals surface area contributed by atoms with E-state index in [0.29, 0.717) is 37.5 Å². The van der Waals surface area contributed by atoms with Crippen molar-refractivity contribution in [3.63, 3.8) is 0 Å². The summed E-state index contributed by atoms with van der Waals surface area (Å²) >= 11 is 0. The molecule has 3 aromatic rings. The first-order valence-corrected chi connectivity index (χ1v) is 11.9. The third-order valence-electron chi connectivity index (χ3n) is 6.18.